The number of benzene rings is 2. The third-order valence-electron chi connectivity index (χ3n) is 3.12. The molecule has 2 nitrogen and oxygen atoms in total. The molecule has 2 heteroatoms. The van der Waals surface area contributed by atoms with E-state index in [2.05, 4.69) is 12.2 Å². The molecule has 80 valence electrons. The highest BCUT2D eigenvalue weighted by Gasteiger charge is 2.13. The molecule has 0 fully saturated rings. The van der Waals surface area contributed by atoms with Gasteiger partial charge in [-0.2, -0.15) is 0 Å². The summed E-state index contributed by atoms with van der Waals surface area (Å²) < 4.78 is 0. The summed E-state index contributed by atoms with van der Waals surface area (Å²) in [6, 6.07) is 7.10. The topological polar surface area (TPSA) is 40.5 Å². The van der Waals surface area contributed by atoms with E-state index < -0.39 is 0 Å². The van der Waals surface area contributed by atoms with Crippen LogP contribution in [-0.2, 0) is 12.8 Å². The molecule has 0 radical (unpaired) electrons. The monoisotopic (exact) mass is 212 g/mol. The lowest BCUT2D eigenvalue weighted by molar-refractivity contribution is 0.472. The summed E-state index contributed by atoms with van der Waals surface area (Å²) in [6.45, 7) is 0. The van der Waals surface area contributed by atoms with Gasteiger partial charge in [-0.3, -0.25) is 0 Å². The number of phenolic OH excluding ortho intramolecular Hbond substituents is 2. The van der Waals surface area contributed by atoms with Crippen LogP contribution in [0.1, 0.15) is 11.1 Å². The highest BCUT2D eigenvalue weighted by Crippen LogP contribution is 2.35. The molecule has 0 bridgehead atoms. The highest BCUT2D eigenvalue weighted by molar-refractivity contribution is 5.91. The first-order valence-corrected chi connectivity index (χ1v) is 5.37. The van der Waals surface area contributed by atoms with E-state index in [1.807, 2.05) is 6.07 Å². The molecule has 3 rings (SSSR count). The molecule has 0 saturated carbocycles. The first-order valence-electron chi connectivity index (χ1n) is 5.37. The van der Waals surface area contributed by atoms with Crippen molar-refractivity contribution in [1.82, 2.24) is 0 Å². The maximum atomic E-state index is 10.2. The Bertz CT molecular complexity index is 597. The molecule has 2 N–H and O–H groups in total. The van der Waals surface area contributed by atoms with Crippen LogP contribution in [0.15, 0.2) is 36.4 Å². The van der Waals surface area contributed by atoms with Crippen LogP contribution in [0.2, 0.25) is 0 Å². The van der Waals surface area contributed by atoms with Crippen LogP contribution in [0.5, 0.6) is 11.5 Å². The van der Waals surface area contributed by atoms with Gasteiger partial charge in [0, 0.05) is 10.9 Å². The Labute approximate surface area is 93.5 Å². The van der Waals surface area contributed by atoms with E-state index in [1.54, 1.807) is 18.2 Å². The third kappa shape index (κ3) is 1.27. The average molecular weight is 212 g/mol. The molecule has 0 heterocycles. The number of aromatic hydroxyl groups is 2. The van der Waals surface area contributed by atoms with Crippen LogP contribution in [0.3, 0.4) is 0 Å². The molecule has 0 atom stereocenters. The van der Waals surface area contributed by atoms with Crippen molar-refractivity contribution in [2.24, 2.45) is 0 Å². The number of allylic oxidation sites excluding steroid dienone is 2. The fraction of sp³-hybridized carbons (Fsp3) is 0.143. The van der Waals surface area contributed by atoms with Crippen LogP contribution in [0, 0.1) is 0 Å². The molecule has 2 aromatic rings. The van der Waals surface area contributed by atoms with Crippen LogP contribution in [0.4, 0.5) is 0 Å². The Morgan fingerprint density at radius 2 is 1.75 bits per heavy atom. The van der Waals surface area contributed by atoms with Crippen molar-refractivity contribution in [2.45, 2.75) is 12.8 Å². The number of rotatable bonds is 0. The van der Waals surface area contributed by atoms with Crippen LogP contribution < -0.4 is 0 Å². The van der Waals surface area contributed by atoms with Gasteiger partial charge in [0.25, 0.3) is 0 Å². The van der Waals surface area contributed by atoms with Gasteiger partial charge in [0.05, 0.1) is 0 Å². The molecule has 1 aliphatic carbocycles. The molecule has 16 heavy (non-hydrogen) atoms. The van der Waals surface area contributed by atoms with Crippen LogP contribution >= 0.6 is 0 Å². The second kappa shape index (κ2) is 3.27. The number of hydrogen-bond acceptors (Lipinski definition) is 2. The van der Waals surface area contributed by atoms with Gasteiger partial charge < -0.3 is 10.2 Å². The number of hydrogen-bond donors (Lipinski definition) is 2. The molecule has 0 aromatic heterocycles. The van der Waals surface area contributed by atoms with Gasteiger partial charge in [0.15, 0.2) is 0 Å². The molecule has 0 unspecified atom stereocenters. The van der Waals surface area contributed by atoms with E-state index in [9.17, 15) is 10.2 Å². The Hall–Kier alpha value is -1.96. The first kappa shape index (κ1) is 9.28. The van der Waals surface area contributed by atoms with Crippen molar-refractivity contribution >= 4 is 10.8 Å². The Morgan fingerprint density at radius 1 is 0.938 bits per heavy atom. The second-order valence-electron chi connectivity index (χ2n) is 4.15. The van der Waals surface area contributed by atoms with Crippen molar-refractivity contribution in [2.75, 3.05) is 0 Å². The zero-order chi connectivity index (χ0) is 11.1. The van der Waals surface area contributed by atoms with Crippen molar-refractivity contribution in [3.63, 3.8) is 0 Å². The van der Waals surface area contributed by atoms with E-state index in [1.165, 1.54) is 0 Å². The van der Waals surface area contributed by atoms with Crippen LogP contribution in [-0.4, -0.2) is 10.2 Å². The third-order valence-corrected chi connectivity index (χ3v) is 3.12. The second-order valence-corrected chi connectivity index (χ2v) is 4.15. The lowest BCUT2D eigenvalue weighted by Gasteiger charge is -2.15. The van der Waals surface area contributed by atoms with Crippen molar-refractivity contribution in [3.05, 3.63) is 47.5 Å². The largest absolute Gasteiger partial charge is 0.508 e. The number of fused-ring (bicyclic) bond motifs is 2. The van der Waals surface area contributed by atoms with Crippen molar-refractivity contribution in [3.8, 4) is 11.5 Å². The molecule has 0 amide bonds. The van der Waals surface area contributed by atoms with Gasteiger partial charge >= 0.3 is 0 Å². The summed E-state index contributed by atoms with van der Waals surface area (Å²) in [7, 11) is 0. The minimum absolute atomic E-state index is 0.234. The average Bonchev–Trinajstić information content (AvgIpc) is 2.29. The van der Waals surface area contributed by atoms with Crippen molar-refractivity contribution in [1.29, 1.82) is 0 Å². The smallest absolute Gasteiger partial charge is 0.127 e. The first-order chi connectivity index (χ1) is 7.75. The SMILES string of the molecule is Oc1ccc2c(O)c3c(cc2c1)CC=CC3. The minimum atomic E-state index is 0.234. The fourth-order valence-corrected chi connectivity index (χ4v) is 2.30. The highest BCUT2D eigenvalue weighted by atomic mass is 16.3. The minimum Gasteiger partial charge on any atom is -0.508 e. The molecule has 2 aromatic carbocycles. The summed E-state index contributed by atoms with van der Waals surface area (Å²) in [5.74, 6) is 0.593. The molecular weight excluding hydrogens is 200 g/mol. The molecule has 0 aliphatic heterocycles. The molecule has 0 saturated heterocycles. The maximum Gasteiger partial charge on any atom is 0.127 e. The van der Waals surface area contributed by atoms with E-state index in [-0.39, 0.29) is 5.75 Å². The number of phenols is 2. The van der Waals surface area contributed by atoms with Crippen LogP contribution in [0.25, 0.3) is 10.8 Å². The zero-order valence-electron chi connectivity index (χ0n) is 8.77. The Balaban J connectivity index is 2.36. The molecule has 1 aliphatic rings. The van der Waals surface area contributed by atoms with Gasteiger partial charge in [0.1, 0.15) is 11.5 Å². The van der Waals surface area contributed by atoms with Crippen molar-refractivity contribution < 1.29 is 10.2 Å². The van der Waals surface area contributed by atoms with Gasteiger partial charge in [-0.05, 0) is 42.0 Å². The summed E-state index contributed by atoms with van der Waals surface area (Å²) in [5, 5.41) is 21.3. The Kier molecular flexibility index (Phi) is 1.90. The van der Waals surface area contributed by atoms with Gasteiger partial charge in [0.2, 0.25) is 0 Å². The van der Waals surface area contributed by atoms with E-state index in [0.717, 1.165) is 34.7 Å². The Morgan fingerprint density at radius 3 is 2.62 bits per heavy atom. The van der Waals surface area contributed by atoms with E-state index >= 15 is 0 Å². The normalized spacial score (nSPS) is 14.0. The van der Waals surface area contributed by atoms with Gasteiger partial charge in [-0.25, -0.2) is 0 Å². The zero-order valence-corrected chi connectivity index (χ0v) is 8.77. The maximum absolute atomic E-state index is 10.2. The molecular formula is C14H12O2. The van der Waals surface area contributed by atoms with Gasteiger partial charge in [-0.15, -0.1) is 0 Å². The predicted octanol–water partition coefficient (Wildman–Crippen LogP) is 2.91. The lowest BCUT2D eigenvalue weighted by atomic mass is 9.92. The lowest BCUT2D eigenvalue weighted by Crippen LogP contribution is -1.98. The molecule has 0 spiro atoms. The fourth-order valence-electron chi connectivity index (χ4n) is 2.30. The summed E-state index contributed by atoms with van der Waals surface area (Å²) in [4.78, 5) is 0. The predicted molar refractivity (Wildman–Crippen MR) is 63.8 cm³/mol. The standard InChI is InChI=1S/C14H12O2/c15-11-5-6-13-10(8-11)7-9-3-1-2-4-12(9)14(13)16/h1-2,5-8,15-16H,3-4H2. The summed E-state index contributed by atoms with van der Waals surface area (Å²) in [6.07, 6.45) is 5.83. The summed E-state index contributed by atoms with van der Waals surface area (Å²) in [5.41, 5.74) is 2.17. The quantitative estimate of drug-likeness (QED) is 0.659. The van der Waals surface area contributed by atoms with Gasteiger partial charge in [-0.1, -0.05) is 18.2 Å². The van der Waals surface area contributed by atoms with E-state index in [0.29, 0.717) is 5.75 Å². The van der Waals surface area contributed by atoms with E-state index in [4.69, 9.17) is 0 Å². The summed E-state index contributed by atoms with van der Waals surface area (Å²) >= 11 is 0.